The number of thioether (sulfide) groups is 1. The lowest BCUT2D eigenvalue weighted by atomic mass is 10.0. The zero-order valence-corrected chi connectivity index (χ0v) is 19.8. The van der Waals surface area contributed by atoms with Crippen molar-refractivity contribution >= 4 is 40.2 Å². The molecule has 35 heavy (non-hydrogen) atoms. The van der Waals surface area contributed by atoms with E-state index in [4.69, 9.17) is 0 Å². The smallest absolute Gasteiger partial charge is 0.317 e. The third-order valence-corrected chi connectivity index (χ3v) is 6.69. The second kappa shape index (κ2) is 10.4. The molecule has 5 nitrogen and oxygen atoms in total. The van der Waals surface area contributed by atoms with Crippen molar-refractivity contribution in [1.29, 1.82) is 0 Å². The van der Waals surface area contributed by atoms with E-state index >= 15 is 0 Å². The number of nitrogens with one attached hydrogen (secondary N) is 2. The van der Waals surface area contributed by atoms with Gasteiger partial charge in [-0.1, -0.05) is 84.9 Å². The van der Waals surface area contributed by atoms with E-state index in [2.05, 4.69) is 33.1 Å². The highest BCUT2D eigenvalue weighted by atomic mass is 32.2. The summed E-state index contributed by atoms with van der Waals surface area (Å²) in [6, 6.07) is 34.6. The molecule has 0 spiro atoms. The molecule has 1 aromatic heterocycles. The molecule has 0 aliphatic carbocycles. The van der Waals surface area contributed by atoms with Gasteiger partial charge in [-0.15, -0.1) is 0 Å². The molecule has 0 aliphatic heterocycles. The lowest BCUT2D eigenvalue weighted by Gasteiger charge is -2.10. The van der Waals surface area contributed by atoms with Crippen molar-refractivity contribution in [3.63, 3.8) is 0 Å². The van der Waals surface area contributed by atoms with Crippen LogP contribution in [0.5, 0.6) is 0 Å². The fourth-order valence-electron chi connectivity index (χ4n) is 4.00. The van der Waals surface area contributed by atoms with E-state index < -0.39 is 0 Å². The zero-order valence-electron chi connectivity index (χ0n) is 19.0. The van der Waals surface area contributed by atoms with Crippen molar-refractivity contribution in [3.8, 4) is 0 Å². The molecule has 5 rings (SSSR count). The molecule has 6 heteroatoms. The Bertz CT molecular complexity index is 1480. The molecule has 0 unspecified atom stereocenters. The summed E-state index contributed by atoms with van der Waals surface area (Å²) < 4.78 is 2.19. The number of carbonyl (C=O) groups is 2. The molecule has 1 amide bonds. The van der Waals surface area contributed by atoms with E-state index in [9.17, 15) is 9.59 Å². The number of hydrogen-bond acceptors (Lipinski definition) is 3. The van der Waals surface area contributed by atoms with Crippen LogP contribution in [-0.2, 0) is 11.3 Å². The fourth-order valence-corrected chi connectivity index (χ4v) is 4.84. The van der Waals surface area contributed by atoms with Crippen LogP contribution in [0.1, 0.15) is 21.5 Å². The topological polar surface area (TPSA) is 65.8 Å². The summed E-state index contributed by atoms with van der Waals surface area (Å²) in [5, 5.41) is 3.83. The van der Waals surface area contributed by atoms with Gasteiger partial charge >= 0.3 is 5.16 Å². The number of hydrogen-bond donors (Lipinski definition) is 2. The van der Waals surface area contributed by atoms with Crippen LogP contribution in [0.25, 0.3) is 11.0 Å². The van der Waals surface area contributed by atoms with Gasteiger partial charge in [0.05, 0.1) is 11.4 Å². The first kappa shape index (κ1) is 22.6. The first-order chi connectivity index (χ1) is 17.2. The van der Waals surface area contributed by atoms with Gasteiger partial charge in [-0.25, -0.2) is 9.55 Å². The van der Waals surface area contributed by atoms with Crippen molar-refractivity contribution in [2.24, 2.45) is 0 Å². The van der Waals surface area contributed by atoms with Gasteiger partial charge in [-0.05, 0) is 41.6 Å². The van der Waals surface area contributed by atoms with Gasteiger partial charge in [0.1, 0.15) is 6.54 Å². The molecule has 0 atom stereocenters. The summed E-state index contributed by atoms with van der Waals surface area (Å²) in [7, 11) is 0. The number of aromatic amines is 1. The van der Waals surface area contributed by atoms with Crippen LogP contribution in [0.15, 0.2) is 114 Å². The number of nitrogens with zero attached hydrogens (tertiary/aromatic N) is 1. The minimum atomic E-state index is -0.173. The van der Waals surface area contributed by atoms with Crippen LogP contribution < -0.4 is 9.88 Å². The molecule has 5 aromatic rings. The third-order valence-electron chi connectivity index (χ3n) is 5.69. The number of benzene rings is 4. The van der Waals surface area contributed by atoms with Crippen LogP contribution in [-0.4, -0.2) is 22.4 Å². The summed E-state index contributed by atoms with van der Waals surface area (Å²) in [6.45, 7) is 0.698. The number of anilines is 1. The SMILES string of the molecule is O=C(CSc1[nH]c2ccccc2[n+]1Cc1ccccc1)Nc1ccccc1C(=O)c1ccccc1. The number of amides is 1. The van der Waals surface area contributed by atoms with E-state index in [0.29, 0.717) is 23.4 Å². The largest absolute Gasteiger partial charge is 0.325 e. The summed E-state index contributed by atoms with van der Waals surface area (Å²) in [5.74, 6) is -0.0890. The van der Waals surface area contributed by atoms with E-state index in [1.165, 1.54) is 17.3 Å². The van der Waals surface area contributed by atoms with Crippen molar-refractivity contribution in [2.75, 3.05) is 11.1 Å². The minimum Gasteiger partial charge on any atom is -0.325 e. The molecule has 0 aliphatic rings. The number of carbonyl (C=O) groups excluding carboxylic acids is 2. The normalized spacial score (nSPS) is 10.9. The van der Waals surface area contributed by atoms with Crippen molar-refractivity contribution in [3.05, 3.63) is 126 Å². The average molecular weight is 479 g/mol. The summed E-state index contributed by atoms with van der Waals surface area (Å²) in [6.07, 6.45) is 0. The average Bonchev–Trinajstić information content (AvgIpc) is 3.25. The van der Waals surface area contributed by atoms with Crippen LogP contribution in [0.3, 0.4) is 0 Å². The Kier molecular flexibility index (Phi) is 6.73. The quantitative estimate of drug-likeness (QED) is 0.177. The van der Waals surface area contributed by atoms with E-state index in [1.54, 1.807) is 30.3 Å². The van der Waals surface area contributed by atoms with Gasteiger partial charge in [-0.3, -0.25) is 9.59 Å². The van der Waals surface area contributed by atoms with Gasteiger partial charge in [0, 0.05) is 11.1 Å². The molecule has 0 fully saturated rings. The number of imidazole rings is 1. The Morgan fingerprint density at radius 2 is 1.43 bits per heavy atom. The number of para-hydroxylation sites is 3. The monoisotopic (exact) mass is 478 g/mol. The number of aromatic nitrogens is 2. The standard InChI is InChI=1S/C29H23N3O2S/c33-27(30-24-16-8-7-15-23(24)28(34)22-13-5-2-6-14-22)20-35-29-31-25-17-9-10-18-26(25)32(29)19-21-11-3-1-4-12-21/h1-18H,19-20H2,(H,30,33,34)/p+1. The molecule has 0 radical (unpaired) electrons. The van der Waals surface area contributed by atoms with E-state index in [-0.39, 0.29) is 17.4 Å². The number of rotatable bonds is 8. The third kappa shape index (κ3) is 5.18. The number of ketones is 1. The second-order valence-electron chi connectivity index (χ2n) is 8.10. The molecular formula is C29H24N3O2S+. The zero-order chi connectivity index (χ0) is 24.0. The maximum absolute atomic E-state index is 13.0. The van der Waals surface area contributed by atoms with Crippen molar-refractivity contribution in [2.45, 2.75) is 11.7 Å². The fraction of sp³-hybridized carbons (Fsp3) is 0.0690. The summed E-state index contributed by atoms with van der Waals surface area (Å²) in [5.41, 5.74) is 4.86. The predicted octanol–water partition coefficient (Wildman–Crippen LogP) is 5.47. The molecule has 2 N–H and O–H groups in total. The highest BCUT2D eigenvalue weighted by molar-refractivity contribution is 7.99. The Labute approximate surface area is 207 Å². The van der Waals surface area contributed by atoms with Gasteiger partial charge in [0.25, 0.3) is 0 Å². The van der Waals surface area contributed by atoms with E-state index in [1.807, 2.05) is 60.7 Å². The van der Waals surface area contributed by atoms with E-state index in [0.717, 1.165) is 16.2 Å². The van der Waals surface area contributed by atoms with Gasteiger partial charge in [0.15, 0.2) is 16.8 Å². The maximum atomic E-state index is 13.0. The Morgan fingerprint density at radius 1 is 0.771 bits per heavy atom. The minimum absolute atomic E-state index is 0.120. The highest BCUT2D eigenvalue weighted by Crippen LogP contribution is 2.22. The molecule has 4 aromatic carbocycles. The second-order valence-corrected chi connectivity index (χ2v) is 9.06. The van der Waals surface area contributed by atoms with Gasteiger partial charge in [0.2, 0.25) is 5.91 Å². The lowest BCUT2D eigenvalue weighted by molar-refractivity contribution is -0.700. The summed E-state index contributed by atoms with van der Waals surface area (Å²) >= 11 is 1.44. The highest BCUT2D eigenvalue weighted by Gasteiger charge is 2.21. The number of H-pyrrole nitrogens is 1. The van der Waals surface area contributed by atoms with Crippen LogP contribution in [0, 0.1) is 0 Å². The predicted molar refractivity (Wildman–Crippen MR) is 140 cm³/mol. The van der Waals surface area contributed by atoms with Crippen LogP contribution in [0.2, 0.25) is 0 Å². The summed E-state index contributed by atoms with van der Waals surface area (Å²) in [4.78, 5) is 29.3. The van der Waals surface area contributed by atoms with Gasteiger partial charge in [-0.2, -0.15) is 0 Å². The lowest BCUT2D eigenvalue weighted by Crippen LogP contribution is -2.35. The maximum Gasteiger partial charge on any atom is 0.317 e. The first-order valence-corrected chi connectivity index (χ1v) is 12.3. The Hall–Kier alpha value is -4.16. The van der Waals surface area contributed by atoms with Crippen molar-refractivity contribution in [1.82, 2.24) is 4.98 Å². The van der Waals surface area contributed by atoms with Crippen LogP contribution >= 0.6 is 11.8 Å². The Balaban J connectivity index is 1.33. The molecule has 0 bridgehead atoms. The molecule has 0 saturated carbocycles. The van der Waals surface area contributed by atoms with Crippen LogP contribution in [0.4, 0.5) is 5.69 Å². The molecular weight excluding hydrogens is 454 g/mol. The van der Waals surface area contributed by atoms with Crippen molar-refractivity contribution < 1.29 is 14.2 Å². The first-order valence-electron chi connectivity index (χ1n) is 11.3. The molecule has 1 heterocycles. The Morgan fingerprint density at radius 3 is 2.23 bits per heavy atom. The number of fused-ring (bicyclic) bond motifs is 1. The van der Waals surface area contributed by atoms with Gasteiger partial charge < -0.3 is 5.32 Å². The molecule has 0 saturated heterocycles. The molecule has 172 valence electrons.